The molecule has 1 aliphatic heterocycles. The smallest absolute Gasteiger partial charge is 0.279 e. The van der Waals surface area contributed by atoms with Crippen LogP contribution in [0, 0.1) is 5.92 Å². The third-order valence-electron chi connectivity index (χ3n) is 3.93. The van der Waals surface area contributed by atoms with Gasteiger partial charge in [-0.25, -0.2) is 0 Å². The van der Waals surface area contributed by atoms with Crippen LogP contribution in [0.25, 0.3) is 0 Å². The summed E-state index contributed by atoms with van der Waals surface area (Å²) in [5.74, 6) is -0.692. The van der Waals surface area contributed by atoms with E-state index in [0.29, 0.717) is 30.8 Å². The number of amides is 3. The zero-order valence-corrected chi connectivity index (χ0v) is 14.5. The minimum atomic E-state index is -0.316. The van der Waals surface area contributed by atoms with Crippen LogP contribution in [0.1, 0.15) is 32.2 Å². The molecule has 6 nitrogen and oxygen atoms in total. The number of piperidine rings is 1. The van der Waals surface area contributed by atoms with Gasteiger partial charge in [-0.2, -0.15) is 0 Å². The molecule has 1 aliphatic rings. The fourth-order valence-electron chi connectivity index (χ4n) is 2.59. The normalized spacial score (nSPS) is 15.1. The Morgan fingerprint density at radius 3 is 2.17 bits per heavy atom. The van der Waals surface area contributed by atoms with Gasteiger partial charge in [-0.3, -0.25) is 25.2 Å². The van der Waals surface area contributed by atoms with Gasteiger partial charge in [0.2, 0.25) is 5.91 Å². The first-order valence-corrected chi connectivity index (χ1v) is 9.37. The van der Waals surface area contributed by atoms with Crippen LogP contribution < -0.4 is 10.9 Å². The zero-order valence-electron chi connectivity index (χ0n) is 12.9. The number of rotatable bonds is 3. The van der Waals surface area contributed by atoms with Gasteiger partial charge < -0.3 is 4.90 Å². The Hall–Kier alpha value is -2.19. The monoisotopic (exact) mass is 363 g/mol. The number of carbonyl (C=O) groups excluding carboxylic acids is 3. The van der Waals surface area contributed by atoms with Crippen molar-refractivity contribution in [3.8, 4) is 0 Å². The quantitative estimate of drug-likeness (QED) is 0.820. The molecule has 3 rings (SSSR count). The number of hydrazine groups is 1. The molecule has 0 aromatic carbocycles. The predicted molar refractivity (Wildman–Crippen MR) is 92.9 cm³/mol. The van der Waals surface area contributed by atoms with Crippen LogP contribution in [0.5, 0.6) is 0 Å². The van der Waals surface area contributed by atoms with E-state index >= 15 is 0 Å². The number of thiophene rings is 2. The summed E-state index contributed by atoms with van der Waals surface area (Å²) in [6.07, 6.45) is 1.19. The van der Waals surface area contributed by atoms with E-state index in [1.54, 1.807) is 22.4 Å². The molecule has 0 unspecified atom stereocenters. The maximum Gasteiger partial charge on any atom is 0.279 e. The van der Waals surface area contributed by atoms with Crippen molar-refractivity contribution in [1.82, 2.24) is 15.8 Å². The lowest BCUT2D eigenvalue weighted by molar-refractivity contribution is -0.127. The minimum Gasteiger partial charge on any atom is -0.338 e. The first-order chi connectivity index (χ1) is 11.6. The molecule has 1 saturated heterocycles. The molecule has 0 saturated carbocycles. The summed E-state index contributed by atoms with van der Waals surface area (Å²) in [6.45, 7) is 1.10. The van der Waals surface area contributed by atoms with Crippen LogP contribution >= 0.6 is 22.7 Å². The van der Waals surface area contributed by atoms with Gasteiger partial charge in [0, 0.05) is 19.0 Å². The number of nitrogens with one attached hydrogen (secondary N) is 2. The molecule has 126 valence electrons. The maximum absolute atomic E-state index is 12.3. The van der Waals surface area contributed by atoms with Crippen molar-refractivity contribution in [3.05, 3.63) is 44.8 Å². The summed E-state index contributed by atoms with van der Waals surface area (Å²) in [4.78, 5) is 39.3. The first kappa shape index (κ1) is 16.7. The first-order valence-electron chi connectivity index (χ1n) is 7.61. The van der Waals surface area contributed by atoms with Gasteiger partial charge in [0.05, 0.1) is 9.75 Å². The molecule has 2 aromatic rings. The van der Waals surface area contributed by atoms with Gasteiger partial charge in [0.15, 0.2) is 0 Å². The standard InChI is InChI=1S/C16H17N3O3S2/c20-14(17-18-15(21)12-3-1-9-23-12)11-5-7-19(8-6-11)16(22)13-4-2-10-24-13/h1-4,9-11H,5-8H2,(H,17,20)(H,18,21). The van der Waals surface area contributed by atoms with Crippen molar-refractivity contribution in [1.29, 1.82) is 0 Å². The maximum atomic E-state index is 12.3. The number of hydrogen-bond acceptors (Lipinski definition) is 5. The lowest BCUT2D eigenvalue weighted by atomic mass is 9.96. The largest absolute Gasteiger partial charge is 0.338 e. The lowest BCUT2D eigenvalue weighted by Crippen LogP contribution is -2.48. The molecule has 3 heterocycles. The van der Waals surface area contributed by atoms with Gasteiger partial charge in [-0.15, -0.1) is 22.7 Å². The van der Waals surface area contributed by atoms with Gasteiger partial charge >= 0.3 is 0 Å². The number of hydrogen-bond donors (Lipinski definition) is 2. The Bertz CT molecular complexity index is 705. The van der Waals surface area contributed by atoms with Crippen molar-refractivity contribution >= 4 is 40.4 Å². The molecule has 1 fully saturated rings. The average molecular weight is 363 g/mol. The summed E-state index contributed by atoms with van der Waals surface area (Å²) in [5.41, 5.74) is 4.91. The Labute approximate surface area is 147 Å². The van der Waals surface area contributed by atoms with E-state index in [1.165, 1.54) is 22.7 Å². The van der Waals surface area contributed by atoms with E-state index in [4.69, 9.17) is 0 Å². The Balaban J connectivity index is 1.45. The zero-order chi connectivity index (χ0) is 16.9. The molecule has 24 heavy (non-hydrogen) atoms. The molecule has 3 amide bonds. The molecule has 0 aliphatic carbocycles. The predicted octanol–water partition coefficient (Wildman–Crippen LogP) is 2.12. The highest BCUT2D eigenvalue weighted by atomic mass is 32.1. The van der Waals surface area contributed by atoms with Crippen LogP contribution in [0.3, 0.4) is 0 Å². The van der Waals surface area contributed by atoms with Gasteiger partial charge in [0.25, 0.3) is 11.8 Å². The van der Waals surface area contributed by atoms with Crippen LogP contribution in [0.4, 0.5) is 0 Å². The second kappa shape index (κ2) is 7.59. The molecule has 8 heteroatoms. The lowest BCUT2D eigenvalue weighted by Gasteiger charge is -2.31. The van der Waals surface area contributed by atoms with E-state index in [9.17, 15) is 14.4 Å². The van der Waals surface area contributed by atoms with Gasteiger partial charge in [-0.05, 0) is 35.7 Å². The third kappa shape index (κ3) is 3.82. The summed E-state index contributed by atoms with van der Waals surface area (Å²) >= 11 is 2.74. The van der Waals surface area contributed by atoms with E-state index in [-0.39, 0.29) is 23.6 Å². The van der Waals surface area contributed by atoms with E-state index in [2.05, 4.69) is 10.9 Å². The Kier molecular flexibility index (Phi) is 5.27. The SMILES string of the molecule is O=C(NNC(=O)C1CCN(C(=O)c2cccs2)CC1)c1cccs1. The summed E-state index contributed by atoms with van der Waals surface area (Å²) < 4.78 is 0. The molecular weight excluding hydrogens is 346 g/mol. The fourth-order valence-corrected chi connectivity index (χ4v) is 3.90. The highest BCUT2D eigenvalue weighted by Gasteiger charge is 2.28. The molecule has 2 N–H and O–H groups in total. The molecular formula is C16H17N3O3S2. The van der Waals surface area contributed by atoms with Crippen molar-refractivity contribution in [2.75, 3.05) is 13.1 Å². The minimum absolute atomic E-state index is 0.0230. The highest BCUT2D eigenvalue weighted by molar-refractivity contribution is 7.12. The molecule has 2 aromatic heterocycles. The summed E-state index contributed by atoms with van der Waals surface area (Å²) in [7, 11) is 0. The number of likely N-dealkylation sites (tertiary alicyclic amines) is 1. The van der Waals surface area contributed by atoms with Gasteiger partial charge in [-0.1, -0.05) is 12.1 Å². The third-order valence-corrected chi connectivity index (χ3v) is 5.66. The average Bonchev–Trinajstić information content (AvgIpc) is 3.32. The topological polar surface area (TPSA) is 78.5 Å². The fraction of sp³-hybridized carbons (Fsp3) is 0.312. The molecule has 0 bridgehead atoms. The van der Waals surface area contributed by atoms with Gasteiger partial charge in [0.1, 0.15) is 0 Å². The van der Waals surface area contributed by atoms with E-state index in [0.717, 1.165) is 4.88 Å². The second-order valence-electron chi connectivity index (χ2n) is 5.46. The van der Waals surface area contributed by atoms with Crippen molar-refractivity contribution in [3.63, 3.8) is 0 Å². The molecule has 0 radical (unpaired) electrons. The summed E-state index contributed by atoms with van der Waals surface area (Å²) in [5, 5.41) is 3.68. The van der Waals surface area contributed by atoms with Crippen LogP contribution in [0.15, 0.2) is 35.0 Å². The van der Waals surface area contributed by atoms with Crippen molar-refractivity contribution < 1.29 is 14.4 Å². The van der Waals surface area contributed by atoms with Crippen molar-refractivity contribution in [2.24, 2.45) is 5.92 Å². The van der Waals surface area contributed by atoms with E-state index < -0.39 is 0 Å². The molecule has 0 spiro atoms. The van der Waals surface area contributed by atoms with Crippen LogP contribution in [-0.4, -0.2) is 35.7 Å². The van der Waals surface area contributed by atoms with Crippen LogP contribution in [0.2, 0.25) is 0 Å². The summed E-state index contributed by atoms with van der Waals surface area (Å²) in [6, 6.07) is 7.14. The number of nitrogens with zero attached hydrogens (tertiary/aromatic N) is 1. The Morgan fingerprint density at radius 2 is 1.58 bits per heavy atom. The Morgan fingerprint density at radius 1 is 0.958 bits per heavy atom. The number of carbonyl (C=O) groups is 3. The molecule has 0 atom stereocenters. The second-order valence-corrected chi connectivity index (χ2v) is 7.36. The van der Waals surface area contributed by atoms with Crippen molar-refractivity contribution in [2.45, 2.75) is 12.8 Å². The van der Waals surface area contributed by atoms with E-state index in [1.807, 2.05) is 17.5 Å². The highest BCUT2D eigenvalue weighted by Crippen LogP contribution is 2.20. The van der Waals surface area contributed by atoms with Crippen LogP contribution in [-0.2, 0) is 4.79 Å².